The second kappa shape index (κ2) is 8.46. The standard InChI is InChI=1S/C16H25N3O.HI/c1-16(2,3)13-7-4-5-8-14(13)20-12-11-19-15-17-9-6-10-18-15;/h4-5,7-8H,6,9-12H2,1-3H3,(H2,17,18,19);1H. The summed E-state index contributed by atoms with van der Waals surface area (Å²) in [5.41, 5.74) is 1.34. The predicted molar refractivity (Wildman–Crippen MR) is 99.0 cm³/mol. The van der Waals surface area contributed by atoms with E-state index >= 15 is 0 Å². The van der Waals surface area contributed by atoms with Gasteiger partial charge in [0.15, 0.2) is 5.96 Å². The van der Waals surface area contributed by atoms with Gasteiger partial charge in [-0.3, -0.25) is 4.99 Å². The summed E-state index contributed by atoms with van der Waals surface area (Å²) < 4.78 is 5.91. The lowest BCUT2D eigenvalue weighted by molar-refractivity contribution is 0.313. The van der Waals surface area contributed by atoms with E-state index in [-0.39, 0.29) is 29.4 Å². The Kier molecular flexibility index (Phi) is 7.28. The Hall–Kier alpha value is -0.980. The largest absolute Gasteiger partial charge is 0.491 e. The molecule has 1 aromatic rings. The summed E-state index contributed by atoms with van der Waals surface area (Å²) in [6, 6.07) is 8.25. The lowest BCUT2D eigenvalue weighted by atomic mass is 9.86. The number of nitrogens with zero attached hydrogens (tertiary/aromatic N) is 1. The van der Waals surface area contributed by atoms with Crippen molar-refractivity contribution in [3.05, 3.63) is 29.8 Å². The first-order valence-corrected chi connectivity index (χ1v) is 7.32. The molecule has 0 fully saturated rings. The third kappa shape index (κ3) is 5.73. The molecule has 1 aromatic carbocycles. The number of para-hydroxylation sites is 1. The van der Waals surface area contributed by atoms with Gasteiger partial charge < -0.3 is 15.4 Å². The van der Waals surface area contributed by atoms with Gasteiger partial charge in [0.25, 0.3) is 0 Å². The molecular weight excluding hydrogens is 377 g/mol. The molecule has 0 amide bonds. The number of rotatable bonds is 4. The van der Waals surface area contributed by atoms with Gasteiger partial charge in [0.2, 0.25) is 0 Å². The monoisotopic (exact) mass is 403 g/mol. The maximum absolute atomic E-state index is 5.91. The minimum absolute atomic E-state index is 0. The minimum Gasteiger partial charge on any atom is -0.491 e. The quantitative estimate of drug-likeness (QED) is 0.601. The maximum atomic E-state index is 5.91. The molecule has 0 bridgehead atoms. The molecule has 0 atom stereocenters. The van der Waals surface area contributed by atoms with Crippen LogP contribution in [0.2, 0.25) is 0 Å². The molecule has 5 heteroatoms. The average molecular weight is 403 g/mol. The molecule has 2 rings (SSSR count). The van der Waals surface area contributed by atoms with E-state index in [4.69, 9.17) is 4.74 Å². The Morgan fingerprint density at radius 3 is 2.71 bits per heavy atom. The first kappa shape index (κ1) is 18.1. The summed E-state index contributed by atoms with van der Waals surface area (Å²) in [4.78, 5) is 4.37. The molecule has 1 aliphatic heterocycles. The number of aliphatic imine (C=N–C) groups is 1. The van der Waals surface area contributed by atoms with E-state index in [2.05, 4.69) is 48.5 Å². The number of hydrogen-bond donors (Lipinski definition) is 2. The van der Waals surface area contributed by atoms with Crippen LogP contribution in [0.1, 0.15) is 32.8 Å². The van der Waals surface area contributed by atoms with Crippen LogP contribution >= 0.6 is 24.0 Å². The van der Waals surface area contributed by atoms with E-state index in [1.54, 1.807) is 0 Å². The molecule has 0 saturated carbocycles. The highest BCUT2D eigenvalue weighted by Crippen LogP contribution is 2.30. The minimum atomic E-state index is 0. The van der Waals surface area contributed by atoms with E-state index in [1.807, 2.05) is 12.1 Å². The van der Waals surface area contributed by atoms with Gasteiger partial charge in [0.1, 0.15) is 12.4 Å². The van der Waals surface area contributed by atoms with Crippen LogP contribution in [0, 0.1) is 0 Å². The molecule has 118 valence electrons. The number of halogens is 1. The molecular formula is C16H26IN3O. The zero-order valence-corrected chi connectivity index (χ0v) is 15.4. The molecule has 1 heterocycles. The lowest BCUT2D eigenvalue weighted by Crippen LogP contribution is -2.42. The van der Waals surface area contributed by atoms with E-state index in [0.29, 0.717) is 6.61 Å². The van der Waals surface area contributed by atoms with Crippen molar-refractivity contribution in [1.82, 2.24) is 10.6 Å². The fraction of sp³-hybridized carbons (Fsp3) is 0.562. The summed E-state index contributed by atoms with van der Waals surface area (Å²) in [5, 5.41) is 6.50. The van der Waals surface area contributed by atoms with Crippen molar-refractivity contribution in [2.75, 3.05) is 26.2 Å². The summed E-state index contributed by atoms with van der Waals surface area (Å²) in [6.45, 7) is 9.90. The highest BCUT2D eigenvalue weighted by molar-refractivity contribution is 14.0. The molecule has 0 unspecified atom stereocenters. The highest BCUT2D eigenvalue weighted by Gasteiger charge is 2.18. The number of ether oxygens (including phenoxy) is 1. The van der Waals surface area contributed by atoms with E-state index in [9.17, 15) is 0 Å². The summed E-state index contributed by atoms with van der Waals surface area (Å²) in [6.07, 6.45) is 1.11. The van der Waals surface area contributed by atoms with Crippen LogP contribution in [0.15, 0.2) is 29.3 Å². The van der Waals surface area contributed by atoms with E-state index in [1.165, 1.54) is 5.56 Å². The second-order valence-corrected chi connectivity index (χ2v) is 6.03. The number of nitrogens with one attached hydrogen (secondary N) is 2. The molecule has 0 saturated heterocycles. The highest BCUT2D eigenvalue weighted by atomic mass is 127. The molecule has 0 aromatic heterocycles. The smallest absolute Gasteiger partial charge is 0.191 e. The van der Waals surface area contributed by atoms with Crippen LogP contribution < -0.4 is 15.4 Å². The first-order chi connectivity index (χ1) is 9.57. The van der Waals surface area contributed by atoms with Gasteiger partial charge >= 0.3 is 0 Å². The maximum Gasteiger partial charge on any atom is 0.191 e. The van der Waals surface area contributed by atoms with Gasteiger partial charge in [-0.2, -0.15) is 0 Å². The molecule has 1 aliphatic rings. The SMILES string of the molecule is CC(C)(C)c1ccccc1OCCNC1=NCCCN1.I. The van der Waals surface area contributed by atoms with E-state index < -0.39 is 0 Å². The number of guanidine groups is 1. The molecule has 0 aliphatic carbocycles. The zero-order valence-electron chi connectivity index (χ0n) is 13.1. The van der Waals surface area contributed by atoms with Gasteiger partial charge in [-0.1, -0.05) is 39.0 Å². The first-order valence-electron chi connectivity index (χ1n) is 7.32. The van der Waals surface area contributed by atoms with Crippen molar-refractivity contribution in [3.8, 4) is 5.75 Å². The normalized spacial score (nSPS) is 14.5. The van der Waals surface area contributed by atoms with Crippen LogP contribution in [-0.2, 0) is 5.41 Å². The zero-order chi connectivity index (χ0) is 14.4. The van der Waals surface area contributed by atoms with Crippen LogP contribution in [0.4, 0.5) is 0 Å². The topological polar surface area (TPSA) is 45.6 Å². The molecule has 0 radical (unpaired) electrons. The predicted octanol–water partition coefficient (Wildman–Crippen LogP) is 2.92. The Morgan fingerprint density at radius 1 is 1.29 bits per heavy atom. The van der Waals surface area contributed by atoms with E-state index in [0.717, 1.165) is 37.8 Å². The fourth-order valence-electron chi connectivity index (χ4n) is 2.19. The summed E-state index contributed by atoms with van der Waals surface area (Å²) in [7, 11) is 0. The van der Waals surface area contributed by atoms with Crippen molar-refractivity contribution in [1.29, 1.82) is 0 Å². The number of hydrogen-bond acceptors (Lipinski definition) is 4. The van der Waals surface area contributed by atoms with Gasteiger partial charge in [-0.25, -0.2) is 0 Å². The molecule has 0 spiro atoms. The third-order valence-corrected chi connectivity index (χ3v) is 3.24. The lowest BCUT2D eigenvalue weighted by Gasteiger charge is -2.23. The van der Waals surface area contributed by atoms with Crippen molar-refractivity contribution in [2.45, 2.75) is 32.6 Å². The van der Waals surface area contributed by atoms with Crippen LogP contribution in [0.5, 0.6) is 5.75 Å². The molecule has 2 N–H and O–H groups in total. The van der Waals surface area contributed by atoms with Crippen LogP contribution in [0.3, 0.4) is 0 Å². The van der Waals surface area contributed by atoms with Crippen molar-refractivity contribution in [3.63, 3.8) is 0 Å². The van der Waals surface area contributed by atoms with Crippen molar-refractivity contribution < 1.29 is 4.74 Å². The number of benzene rings is 1. The van der Waals surface area contributed by atoms with Gasteiger partial charge in [0, 0.05) is 13.1 Å². The van der Waals surface area contributed by atoms with Crippen molar-refractivity contribution in [2.24, 2.45) is 4.99 Å². The average Bonchev–Trinajstić information content (AvgIpc) is 2.44. The van der Waals surface area contributed by atoms with Crippen LogP contribution in [0.25, 0.3) is 0 Å². The molecule has 4 nitrogen and oxygen atoms in total. The second-order valence-electron chi connectivity index (χ2n) is 6.03. The molecule has 21 heavy (non-hydrogen) atoms. The van der Waals surface area contributed by atoms with Gasteiger partial charge in [-0.05, 0) is 23.5 Å². The van der Waals surface area contributed by atoms with Gasteiger partial charge in [0.05, 0.1) is 6.54 Å². The summed E-state index contributed by atoms with van der Waals surface area (Å²) in [5.74, 6) is 1.87. The Bertz CT molecular complexity index is 469. The Balaban J connectivity index is 0.00000220. The third-order valence-electron chi connectivity index (χ3n) is 3.24. The van der Waals surface area contributed by atoms with Crippen molar-refractivity contribution >= 4 is 29.9 Å². The summed E-state index contributed by atoms with van der Waals surface area (Å²) >= 11 is 0. The fourth-order valence-corrected chi connectivity index (χ4v) is 2.19. The van der Waals surface area contributed by atoms with Crippen LogP contribution in [-0.4, -0.2) is 32.2 Å². The van der Waals surface area contributed by atoms with Gasteiger partial charge in [-0.15, -0.1) is 24.0 Å². The Labute approximate surface area is 144 Å². The Morgan fingerprint density at radius 2 is 2.05 bits per heavy atom.